The summed E-state index contributed by atoms with van der Waals surface area (Å²) in [4.78, 5) is 25.4. The van der Waals surface area contributed by atoms with Crippen LogP contribution >= 0.6 is 0 Å². The van der Waals surface area contributed by atoms with E-state index in [0.29, 0.717) is 30.6 Å². The predicted molar refractivity (Wildman–Crippen MR) is 132 cm³/mol. The lowest BCUT2D eigenvalue weighted by Crippen LogP contribution is -2.35. The average Bonchev–Trinajstić information content (AvgIpc) is 2.78. The van der Waals surface area contributed by atoms with E-state index in [1.807, 2.05) is 20.8 Å². The van der Waals surface area contributed by atoms with Crippen LogP contribution in [0.5, 0.6) is 0 Å². The number of aliphatic carboxylic acids is 1. The van der Waals surface area contributed by atoms with Gasteiger partial charge in [0.15, 0.2) is 0 Å². The standard InChI is InChI=1S/C27H38N4O3/c1-27(2,3)26-28-14-12-24(31-26)30-23(25(32)33)13-15-34-21-16-18(17-21)8-10-20-11-9-19-6-4-5-7-22(19)29-20/h9,11-12,14,18,21,23H,4-8,10,13,15-17H2,1-3H3,(H,32,33)(H,28,30,31). The summed E-state index contributed by atoms with van der Waals surface area (Å²) in [5, 5.41) is 12.7. The molecular formula is C27H38N4O3. The van der Waals surface area contributed by atoms with E-state index in [1.165, 1.54) is 36.2 Å². The van der Waals surface area contributed by atoms with Crippen molar-refractivity contribution in [2.45, 2.75) is 96.1 Å². The Kier molecular flexibility index (Phi) is 7.81. The highest BCUT2D eigenvalue weighted by Gasteiger charge is 2.30. The summed E-state index contributed by atoms with van der Waals surface area (Å²) in [6, 6.07) is 5.45. The minimum absolute atomic E-state index is 0.198. The molecule has 2 heterocycles. The van der Waals surface area contributed by atoms with Crippen LogP contribution in [0.2, 0.25) is 0 Å². The maximum Gasteiger partial charge on any atom is 0.326 e. The topological polar surface area (TPSA) is 97.2 Å². The Labute approximate surface area is 202 Å². The van der Waals surface area contributed by atoms with E-state index in [4.69, 9.17) is 9.72 Å². The van der Waals surface area contributed by atoms with E-state index in [-0.39, 0.29) is 11.5 Å². The predicted octanol–water partition coefficient (Wildman–Crippen LogP) is 4.73. The second-order valence-corrected chi connectivity index (χ2v) is 10.8. The van der Waals surface area contributed by atoms with Crippen LogP contribution in [0.15, 0.2) is 24.4 Å². The third-order valence-corrected chi connectivity index (χ3v) is 6.94. The molecule has 1 fully saturated rings. The van der Waals surface area contributed by atoms with Crippen LogP contribution in [-0.2, 0) is 34.2 Å². The van der Waals surface area contributed by atoms with Crippen LogP contribution in [0.4, 0.5) is 5.82 Å². The van der Waals surface area contributed by atoms with Gasteiger partial charge < -0.3 is 15.2 Å². The molecule has 2 aliphatic rings. The van der Waals surface area contributed by atoms with E-state index in [1.54, 1.807) is 12.3 Å². The summed E-state index contributed by atoms with van der Waals surface area (Å²) in [7, 11) is 0. The van der Waals surface area contributed by atoms with Crippen LogP contribution in [0, 0.1) is 5.92 Å². The van der Waals surface area contributed by atoms with Gasteiger partial charge in [-0.15, -0.1) is 0 Å². The molecule has 0 bridgehead atoms. The number of hydrogen-bond donors (Lipinski definition) is 2. The Morgan fingerprint density at radius 1 is 1.18 bits per heavy atom. The summed E-state index contributed by atoms with van der Waals surface area (Å²) in [5.74, 6) is 0.993. The number of carbonyl (C=O) groups is 1. The molecule has 34 heavy (non-hydrogen) atoms. The fourth-order valence-corrected chi connectivity index (χ4v) is 4.75. The van der Waals surface area contributed by atoms with Gasteiger partial charge in [-0.25, -0.2) is 14.8 Å². The highest BCUT2D eigenvalue weighted by Crippen LogP contribution is 2.34. The zero-order valence-corrected chi connectivity index (χ0v) is 20.7. The van der Waals surface area contributed by atoms with Gasteiger partial charge in [0.2, 0.25) is 0 Å². The Balaban J connectivity index is 1.16. The molecule has 2 aliphatic carbocycles. The molecule has 0 saturated heterocycles. The summed E-state index contributed by atoms with van der Waals surface area (Å²) in [6.07, 6.45) is 11.4. The number of fused-ring (bicyclic) bond motifs is 1. The molecule has 184 valence electrons. The minimum Gasteiger partial charge on any atom is -0.480 e. The number of hydrogen-bond acceptors (Lipinski definition) is 6. The zero-order chi connectivity index (χ0) is 24.1. The van der Waals surface area contributed by atoms with Gasteiger partial charge in [0.05, 0.1) is 6.10 Å². The number of nitrogens with one attached hydrogen (secondary N) is 1. The number of carboxylic acids is 1. The molecule has 0 radical (unpaired) electrons. The van der Waals surface area contributed by atoms with Gasteiger partial charge in [0, 0.05) is 36.0 Å². The van der Waals surface area contributed by atoms with Crippen molar-refractivity contribution in [3.8, 4) is 0 Å². The first-order valence-corrected chi connectivity index (χ1v) is 12.7. The molecule has 0 aromatic carbocycles. The van der Waals surface area contributed by atoms with Gasteiger partial charge >= 0.3 is 5.97 Å². The largest absolute Gasteiger partial charge is 0.480 e. The Bertz CT molecular complexity index is 982. The number of nitrogens with zero attached hydrogens (tertiary/aromatic N) is 3. The van der Waals surface area contributed by atoms with Crippen molar-refractivity contribution in [1.29, 1.82) is 0 Å². The van der Waals surface area contributed by atoms with E-state index >= 15 is 0 Å². The summed E-state index contributed by atoms with van der Waals surface area (Å²) in [6.45, 7) is 6.52. The second-order valence-electron chi connectivity index (χ2n) is 10.8. The molecule has 1 atom stereocenters. The number of aromatic nitrogens is 3. The molecule has 2 aromatic heterocycles. The molecule has 4 rings (SSSR count). The summed E-state index contributed by atoms with van der Waals surface area (Å²) >= 11 is 0. The lowest BCUT2D eigenvalue weighted by molar-refractivity contribution is -0.138. The third-order valence-electron chi connectivity index (χ3n) is 6.94. The molecule has 2 N–H and O–H groups in total. The number of carboxylic acid groups (broad SMARTS) is 1. The van der Waals surface area contributed by atoms with Crippen LogP contribution in [-0.4, -0.2) is 44.8 Å². The van der Waals surface area contributed by atoms with Crippen molar-refractivity contribution in [2.24, 2.45) is 5.92 Å². The highest BCUT2D eigenvalue weighted by atomic mass is 16.5. The Hall–Kier alpha value is -2.54. The molecule has 1 unspecified atom stereocenters. The summed E-state index contributed by atoms with van der Waals surface area (Å²) in [5.41, 5.74) is 3.78. The normalized spacial score (nSPS) is 20.8. The number of pyridine rings is 1. The fraction of sp³-hybridized carbons (Fsp3) is 0.630. The minimum atomic E-state index is -0.899. The van der Waals surface area contributed by atoms with Gasteiger partial charge in [-0.3, -0.25) is 4.98 Å². The van der Waals surface area contributed by atoms with Crippen LogP contribution in [0.3, 0.4) is 0 Å². The van der Waals surface area contributed by atoms with Crippen molar-refractivity contribution in [3.05, 3.63) is 47.2 Å². The Morgan fingerprint density at radius 2 is 1.97 bits per heavy atom. The molecular weight excluding hydrogens is 428 g/mol. The van der Waals surface area contributed by atoms with Gasteiger partial charge in [-0.05, 0) is 75.0 Å². The van der Waals surface area contributed by atoms with Crippen molar-refractivity contribution in [3.63, 3.8) is 0 Å². The number of rotatable bonds is 10. The van der Waals surface area contributed by atoms with Crippen molar-refractivity contribution < 1.29 is 14.6 Å². The van der Waals surface area contributed by atoms with Crippen LogP contribution in [0.25, 0.3) is 0 Å². The first-order chi connectivity index (χ1) is 16.3. The van der Waals surface area contributed by atoms with Crippen molar-refractivity contribution >= 4 is 11.8 Å². The van der Waals surface area contributed by atoms with Gasteiger partial charge in [-0.2, -0.15) is 0 Å². The van der Waals surface area contributed by atoms with Crippen molar-refractivity contribution in [2.75, 3.05) is 11.9 Å². The molecule has 0 spiro atoms. The van der Waals surface area contributed by atoms with Crippen LogP contribution in [0.1, 0.15) is 82.1 Å². The molecule has 7 nitrogen and oxygen atoms in total. The lowest BCUT2D eigenvalue weighted by atomic mass is 9.79. The number of anilines is 1. The average molecular weight is 467 g/mol. The molecule has 0 aliphatic heterocycles. The smallest absolute Gasteiger partial charge is 0.326 e. The molecule has 1 saturated carbocycles. The van der Waals surface area contributed by atoms with Gasteiger partial charge in [0.25, 0.3) is 0 Å². The molecule has 7 heteroatoms. The van der Waals surface area contributed by atoms with Crippen LogP contribution < -0.4 is 5.32 Å². The van der Waals surface area contributed by atoms with Gasteiger partial charge in [0.1, 0.15) is 17.7 Å². The first kappa shape index (κ1) is 24.6. The highest BCUT2D eigenvalue weighted by molar-refractivity contribution is 5.76. The van der Waals surface area contributed by atoms with E-state index in [9.17, 15) is 9.90 Å². The van der Waals surface area contributed by atoms with Gasteiger partial charge in [-0.1, -0.05) is 26.8 Å². The Morgan fingerprint density at radius 3 is 2.74 bits per heavy atom. The summed E-state index contributed by atoms with van der Waals surface area (Å²) < 4.78 is 5.98. The van der Waals surface area contributed by atoms with E-state index in [0.717, 1.165) is 32.1 Å². The van der Waals surface area contributed by atoms with E-state index < -0.39 is 12.0 Å². The first-order valence-electron chi connectivity index (χ1n) is 12.7. The van der Waals surface area contributed by atoms with Crippen molar-refractivity contribution in [1.82, 2.24) is 15.0 Å². The maximum absolute atomic E-state index is 11.7. The quantitative estimate of drug-likeness (QED) is 0.522. The SMILES string of the molecule is CC(C)(C)c1nccc(NC(CCOC2CC(CCc3ccc4c(n3)CCCC4)C2)C(=O)O)n1. The maximum atomic E-state index is 11.7. The zero-order valence-electron chi connectivity index (χ0n) is 20.7. The third kappa shape index (κ3) is 6.53. The second kappa shape index (κ2) is 10.8. The monoisotopic (exact) mass is 466 g/mol. The molecule has 0 amide bonds. The lowest BCUT2D eigenvalue weighted by Gasteiger charge is -2.35. The number of aryl methyl sites for hydroxylation is 3. The molecule has 2 aromatic rings. The fourth-order valence-electron chi connectivity index (χ4n) is 4.75. The number of ether oxygens (including phenoxy) is 1. The van der Waals surface area contributed by atoms with E-state index in [2.05, 4.69) is 27.4 Å².